The van der Waals surface area contributed by atoms with Crippen molar-refractivity contribution in [2.75, 3.05) is 11.9 Å². The van der Waals surface area contributed by atoms with Gasteiger partial charge in [0.2, 0.25) is 0 Å². The predicted octanol–water partition coefficient (Wildman–Crippen LogP) is 3.21. The van der Waals surface area contributed by atoms with Gasteiger partial charge in [-0.2, -0.15) is 0 Å². The summed E-state index contributed by atoms with van der Waals surface area (Å²) in [5.41, 5.74) is 4.62. The molecule has 3 aromatic rings. The minimum atomic E-state index is -0.230. The molecule has 0 saturated carbocycles. The van der Waals surface area contributed by atoms with Gasteiger partial charge in [0.15, 0.2) is 6.61 Å². The van der Waals surface area contributed by atoms with Crippen LogP contribution in [0.4, 0.5) is 5.69 Å². The number of para-hydroxylation sites is 2. The monoisotopic (exact) mass is 336 g/mol. The van der Waals surface area contributed by atoms with E-state index in [0.717, 1.165) is 22.6 Å². The van der Waals surface area contributed by atoms with Crippen molar-refractivity contribution in [2.24, 2.45) is 0 Å². The summed E-state index contributed by atoms with van der Waals surface area (Å²) in [4.78, 5) is 12.3. The van der Waals surface area contributed by atoms with Gasteiger partial charge in [-0.05, 0) is 44.0 Å². The second-order valence-electron chi connectivity index (χ2n) is 5.93. The minimum Gasteiger partial charge on any atom is -0.483 e. The highest BCUT2D eigenvalue weighted by atomic mass is 16.5. The van der Waals surface area contributed by atoms with Crippen LogP contribution in [0.5, 0.6) is 5.75 Å². The Hall–Kier alpha value is -3.15. The molecule has 1 amide bonds. The molecule has 128 valence electrons. The molecule has 0 aliphatic rings. The van der Waals surface area contributed by atoms with Crippen LogP contribution in [0.2, 0.25) is 0 Å². The molecule has 1 aromatic heterocycles. The van der Waals surface area contributed by atoms with Gasteiger partial charge in [-0.25, -0.2) is 4.68 Å². The fourth-order valence-electron chi connectivity index (χ4n) is 2.83. The molecule has 6 heteroatoms. The first-order valence-corrected chi connectivity index (χ1v) is 8.01. The largest absolute Gasteiger partial charge is 0.483 e. The number of ether oxygens (including phenoxy) is 1. The lowest BCUT2D eigenvalue weighted by Crippen LogP contribution is -2.21. The van der Waals surface area contributed by atoms with Crippen molar-refractivity contribution < 1.29 is 9.53 Å². The number of rotatable bonds is 5. The number of carbonyl (C=O) groups excluding carboxylic acids is 1. The fourth-order valence-corrected chi connectivity index (χ4v) is 2.83. The highest BCUT2D eigenvalue weighted by molar-refractivity contribution is 5.93. The molecule has 3 rings (SSSR count). The van der Waals surface area contributed by atoms with Gasteiger partial charge in [0.1, 0.15) is 5.75 Å². The number of nitrogens with zero attached hydrogens (tertiary/aromatic N) is 3. The van der Waals surface area contributed by atoms with Crippen LogP contribution in [0, 0.1) is 20.8 Å². The molecule has 0 unspecified atom stereocenters. The van der Waals surface area contributed by atoms with Crippen LogP contribution in [0.25, 0.3) is 5.69 Å². The Morgan fingerprint density at radius 1 is 1.16 bits per heavy atom. The molecule has 0 atom stereocenters. The van der Waals surface area contributed by atoms with E-state index in [1.54, 1.807) is 17.1 Å². The van der Waals surface area contributed by atoms with Crippen LogP contribution in [0.15, 0.2) is 48.8 Å². The molecule has 25 heavy (non-hydrogen) atoms. The van der Waals surface area contributed by atoms with Crippen LogP contribution >= 0.6 is 0 Å². The molecule has 0 radical (unpaired) electrons. The molecule has 0 bridgehead atoms. The third-order valence-electron chi connectivity index (χ3n) is 3.80. The standard InChI is InChI=1S/C19H20N4O2/c1-13-10-14(2)19(15(3)11-13)25-12-18(24)21-16-6-4-5-7-17(16)23-9-8-20-22-23/h4-11H,12H2,1-3H3,(H,21,24). The van der Waals surface area contributed by atoms with E-state index in [1.165, 1.54) is 5.56 Å². The first-order chi connectivity index (χ1) is 12.0. The van der Waals surface area contributed by atoms with Crippen molar-refractivity contribution in [3.63, 3.8) is 0 Å². The van der Waals surface area contributed by atoms with E-state index in [4.69, 9.17) is 4.74 Å². The number of hydrogen-bond donors (Lipinski definition) is 1. The Kier molecular flexibility index (Phi) is 4.79. The quantitative estimate of drug-likeness (QED) is 0.777. The SMILES string of the molecule is Cc1cc(C)c(OCC(=O)Nc2ccccc2-n2ccnn2)c(C)c1. The zero-order valence-corrected chi connectivity index (χ0v) is 14.5. The number of hydrogen-bond acceptors (Lipinski definition) is 4. The molecular formula is C19H20N4O2. The maximum atomic E-state index is 12.3. The highest BCUT2D eigenvalue weighted by Gasteiger charge is 2.11. The van der Waals surface area contributed by atoms with E-state index in [1.807, 2.05) is 57.2 Å². The van der Waals surface area contributed by atoms with Gasteiger partial charge >= 0.3 is 0 Å². The van der Waals surface area contributed by atoms with Crippen LogP contribution in [0.3, 0.4) is 0 Å². The average Bonchev–Trinajstić information content (AvgIpc) is 3.08. The lowest BCUT2D eigenvalue weighted by Gasteiger charge is -2.14. The molecular weight excluding hydrogens is 316 g/mol. The molecule has 0 fully saturated rings. The molecule has 0 aliphatic carbocycles. The van der Waals surface area contributed by atoms with Crippen molar-refractivity contribution in [2.45, 2.75) is 20.8 Å². The topological polar surface area (TPSA) is 69.0 Å². The number of aryl methyl sites for hydroxylation is 3. The Balaban J connectivity index is 1.70. The van der Waals surface area contributed by atoms with Crippen molar-refractivity contribution in [3.8, 4) is 11.4 Å². The van der Waals surface area contributed by atoms with Crippen LogP contribution in [-0.2, 0) is 4.79 Å². The number of aromatic nitrogens is 3. The van der Waals surface area contributed by atoms with Gasteiger partial charge < -0.3 is 10.1 Å². The summed E-state index contributed by atoms with van der Waals surface area (Å²) in [7, 11) is 0. The number of carbonyl (C=O) groups is 1. The molecule has 0 aliphatic heterocycles. The van der Waals surface area contributed by atoms with Crippen LogP contribution < -0.4 is 10.1 Å². The van der Waals surface area contributed by atoms with E-state index in [9.17, 15) is 4.79 Å². The van der Waals surface area contributed by atoms with Crippen LogP contribution in [-0.4, -0.2) is 27.5 Å². The second kappa shape index (κ2) is 7.17. The lowest BCUT2D eigenvalue weighted by atomic mass is 10.1. The minimum absolute atomic E-state index is 0.0591. The maximum absolute atomic E-state index is 12.3. The van der Waals surface area contributed by atoms with Gasteiger partial charge in [-0.15, -0.1) is 5.10 Å². The van der Waals surface area contributed by atoms with E-state index in [0.29, 0.717) is 5.69 Å². The van der Waals surface area contributed by atoms with Crippen molar-refractivity contribution in [3.05, 3.63) is 65.5 Å². The Bertz CT molecular complexity index is 865. The smallest absolute Gasteiger partial charge is 0.262 e. The number of amides is 1. The Morgan fingerprint density at radius 2 is 1.88 bits per heavy atom. The lowest BCUT2D eigenvalue weighted by molar-refractivity contribution is -0.118. The van der Waals surface area contributed by atoms with Gasteiger partial charge in [-0.1, -0.05) is 35.0 Å². The summed E-state index contributed by atoms with van der Waals surface area (Å²) in [6.07, 6.45) is 3.31. The number of nitrogens with one attached hydrogen (secondary N) is 1. The van der Waals surface area contributed by atoms with E-state index >= 15 is 0 Å². The van der Waals surface area contributed by atoms with Crippen molar-refractivity contribution in [1.82, 2.24) is 15.0 Å². The van der Waals surface area contributed by atoms with E-state index < -0.39 is 0 Å². The third kappa shape index (κ3) is 3.85. The molecule has 1 N–H and O–H groups in total. The maximum Gasteiger partial charge on any atom is 0.262 e. The zero-order chi connectivity index (χ0) is 17.8. The van der Waals surface area contributed by atoms with Gasteiger partial charge in [-0.3, -0.25) is 4.79 Å². The fraction of sp³-hybridized carbons (Fsp3) is 0.211. The van der Waals surface area contributed by atoms with Gasteiger partial charge in [0.25, 0.3) is 5.91 Å². The molecule has 0 saturated heterocycles. The summed E-state index contributed by atoms with van der Waals surface area (Å²) < 4.78 is 7.34. The summed E-state index contributed by atoms with van der Waals surface area (Å²) in [6, 6.07) is 11.5. The summed E-state index contributed by atoms with van der Waals surface area (Å²) in [6.45, 7) is 5.94. The number of benzene rings is 2. The van der Waals surface area contributed by atoms with Crippen molar-refractivity contribution >= 4 is 11.6 Å². The molecule has 1 heterocycles. The third-order valence-corrected chi connectivity index (χ3v) is 3.80. The van der Waals surface area contributed by atoms with Gasteiger partial charge in [0, 0.05) is 0 Å². The second-order valence-corrected chi connectivity index (χ2v) is 5.93. The normalized spacial score (nSPS) is 10.5. The van der Waals surface area contributed by atoms with Gasteiger partial charge in [0.05, 0.1) is 23.8 Å². The van der Waals surface area contributed by atoms with E-state index in [-0.39, 0.29) is 12.5 Å². The average molecular weight is 336 g/mol. The Labute approximate surface area is 146 Å². The summed E-state index contributed by atoms with van der Waals surface area (Å²) >= 11 is 0. The summed E-state index contributed by atoms with van der Waals surface area (Å²) in [5, 5.41) is 10.6. The first-order valence-electron chi connectivity index (χ1n) is 8.01. The first kappa shape index (κ1) is 16.7. The Morgan fingerprint density at radius 3 is 2.56 bits per heavy atom. The van der Waals surface area contributed by atoms with Crippen LogP contribution in [0.1, 0.15) is 16.7 Å². The van der Waals surface area contributed by atoms with Crippen molar-refractivity contribution in [1.29, 1.82) is 0 Å². The zero-order valence-electron chi connectivity index (χ0n) is 14.5. The summed E-state index contributed by atoms with van der Waals surface area (Å²) in [5.74, 6) is 0.525. The highest BCUT2D eigenvalue weighted by Crippen LogP contribution is 2.24. The predicted molar refractivity (Wildman–Crippen MR) is 96.1 cm³/mol. The molecule has 2 aromatic carbocycles. The van der Waals surface area contributed by atoms with E-state index in [2.05, 4.69) is 15.6 Å². The number of anilines is 1. The molecule has 6 nitrogen and oxygen atoms in total. The molecule has 0 spiro atoms.